The van der Waals surface area contributed by atoms with Crippen LogP contribution in [0.5, 0.6) is 0 Å². The lowest BCUT2D eigenvalue weighted by molar-refractivity contribution is 0.368. The first kappa shape index (κ1) is 11.7. The summed E-state index contributed by atoms with van der Waals surface area (Å²) in [5.74, 6) is 1.58. The van der Waals surface area contributed by atoms with Gasteiger partial charge in [-0.2, -0.15) is 4.98 Å². The Kier molecular flexibility index (Phi) is 3.08. The van der Waals surface area contributed by atoms with Gasteiger partial charge in [-0.3, -0.25) is 0 Å². The number of hydrogen-bond acceptors (Lipinski definition) is 3. The molecule has 2 aromatic rings. The fraction of sp³-hybridized carbons (Fsp3) is 0.429. The molecule has 0 N–H and O–H groups in total. The van der Waals surface area contributed by atoms with Crippen molar-refractivity contribution >= 4 is 11.6 Å². The summed E-state index contributed by atoms with van der Waals surface area (Å²) in [6.45, 7) is 0. The van der Waals surface area contributed by atoms with Crippen LogP contribution in [-0.4, -0.2) is 10.1 Å². The molecule has 1 aliphatic rings. The molecule has 3 nitrogen and oxygen atoms in total. The smallest absolute Gasteiger partial charge is 0.241 e. The standard InChI is InChI=1S/C14H15ClN2O/c15-10-12-16-13(17-18-12)14(8-4-5-9-14)11-6-2-1-3-7-11/h1-3,6-7H,4-5,8-10H2. The Bertz CT molecular complexity index is 518. The Labute approximate surface area is 111 Å². The van der Waals surface area contributed by atoms with Gasteiger partial charge in [0.15, 0.2) is 5.82 Å². The minimum Gasteiger partial charge on any atom is -0.338 e. The molecule has 0 radical (unpaired) electrons. The third-order valence-corrected chi connectivity index (χ3v) is 4.02. The van der Waals surface area contributed by atoms with Crippen LogP contribution in [0.4, 0.5) is 0 Å². The highest BCUT2D eigenvalue weighted by atomic mass is 35.5. The second-order valence-corrected chi connectivity index (χ2v) is 5.07. The number of benzene rings is 1. The summed E-state index contributed by atoms with van der Waals surface area (Å²) in [6, 6.07) is 10.5. The zero-order chi connectivity index (χ0) is 12.4. The van der Waals surface area contributed by atoms with E-state index in [1.54, 1.807) is 0 Å². The van der Waals surface area contributed by atoms with E-state index in [0.29, 0.717) is 5.89 Å². The quantitative estimate of drug-likeness (QED) is 0.793. The van der Waals surface area contributed by atoms with Crippen molar-refractivity contribution < 1.29 is 4.52 Å². The van der Waals surface area contributed by atoms with Gasteiger partial charge in [0.05, 0.1) is 5.41 Å². The summed E-state index contributed by atoms with van der Waals surface area (Å²) in [5, 5.41) is 4.15. The number of rotatable bonds is 3. The summed E-state index contributed by atoms with van der Waals surface area (Å²) in [5.41, 5.74) is 1.21. The van der Waals surface area contributed by atoms with E-state index in [1.165, 1.54) is 18.4 Å². The summed E-state index contributed by atoms with van der Waals surface area (Å²) in [6.07, 6.45) is 4.58. The highest BCUT2D eigenvalue weighted by Gasteiger charge is 2.41. The summed E-state index contributed by atoms with van der Waals surface area (Å²) < 4.78 is 5.18. The maximum Gasteiger partial charge on any atom is 0.241 e. The molecule has 3 rings (SSSR count). The predicted octanol–water partition coefficient (Wildman–Crippen LogP) is 3.67. The zero-order valence-corrected chi connectivity index (χ0v) is 10.9. The number of nitrogens with zero attached hydrogens (tertiary/aromatic N) is 2. The monoisotopic (exact) mass is 262 g/mol. The average Bonchev–Trinajstić information content (AvgIpc) is 3.09. The molecule has 0 atom stereocenters. The van der Waals surface area contributed by atoms with Crippen molar-refractivity contribution in [1.82, 2.24) is 10.1 Å². The van der Waals surface area contributed by atoms with Crippen molar-refractivity contribution in [3.8, 4) is 0 Å². The van der Waals surface area contributed by atoms with Gasteiger partial charge in [-0.1, -0.05) is 48.3 Å². The van der Waals surface area contributed by atoms with E-state index >= 15 is 0 Å². The summed E-state index contributed by atoms with van der Waals surface area (Å²) in [4.78, 5) is 4.45. The lowest BCUT2D eigenvalue weighted by Crippen LogP contribution is -2.25. The second-order valence-electron chi connectivity index (χ2n) is 4.80. The van der Waals surface area contributed by atoms with Crippen LogP contribution >= 0.6 is 11.6 Å². The number of aromatic nitrogens is 2. The van der Waals surface area contributed by atoms with Gasteiger partial charge in [-0.15, -0.1) is 11.6 Å². The van der Waals surface area contributed by atoms with Gasteiger partial charge >= 0.3 is 0 Å². The second kappa shape index (κ2) is 4.73. The Morgan fingerprint density at radius 3 is 2.50 bits per heavy atom. The van der Waals surface area contributed by atoms with Crippen LogP contribution in [0.2, 0.25) is 0 Å². The van der Waals surface area contributed by atoms with Crippen molar-refractivity contribution in [3.05, 3.63) is 47.6 Å². The fourth-order valence-corrected chi connectivity index (χ4v) is 2.99. The van der Waals surface area contributed by atoms with Gasteiger partial charge in [0, 0.05) is 0 Å². The van der Waals surface area contributed by atoms with Gasteiger partial charge in [0.2, 0.25) is 5.89 Å². The van der Waals surface area contributed by atoms with E-state index in [9.17, 15) is 0 Å². The molecular weight excluding hydrogens is 248 g/mol. The molecule has 1 aromatic carbocycles. The lowest BCUT2D eigenvalue weighted by atomic mass is 9.78. The maximum atomic E-state index is 5.74. The van der Waals surface area contributed by atoms with E-state index in [0.717, 1.165) is 18.7 Å². The Morgan fingerprint density at radius 1 is 1.17 bits per heavy atom. The third-order valence-electron chi connectivity index (χ3n) is 3.79. The van der Waals surface area contributed by atoms with Crippen molar-refractivity contribution in [3.63, 3.8) is 0 Å². The molecule has 0 saturated heterocycles. The summed E-state index contributed by atoms with van der Waals surface area (Å²) >= 11 is 5.74. The van der Waals surface area contributed by atoms with E-state index < -0.39 is 0 Å². The third kappa shape index (κ3) is 1.83. The fourth-order valence-electron chi connectivity index (χ4n) is 2.88. The van der Waals surface area contributed by atoms with Crippen LogP contribution in [0.15, 0.2) is 34.9 Å². The molecule has 1 aromatic heterocycles. The topological polar surface area (TPSA) is 38.9 Å². The number of hydrogen-bond donors (Lipinski definition) is 0. The first-order valence-corrected chi connectivity index (χ1v) is 6.83. The molecule has 18 heavy (non-hydrogen) atoms. The van der Waals surface area contributed by atoms with E-state index in [4.69, 9.17) is 16.1 Å². The van der Waals surface area contributed by atoms with Crippen molar-refractivity contribution in [1.29, 1.82) is 0 Å². The van der Waals surface area contributed by atoms with Gasteiger partial charge < -0.3 is 4.52 Å². The molecule has 0 aliphatic heterocycles. The molecule has 0 amide bonds. The van der Waals surface area contributed by atoms with Crippen LogP contribution in [-0.2, 0) is 11.3 Å². The predicted molar refractivity (Wildman–Crippen MR) is 69.5 cm³/mol. The van der Waals surface area contributed by atoms with Gasteiger partial charge in [0.1, 0.15) is 5.88 Å². The van der Waals surface area contributed by atoms with E-state index in [2.05, 4.69) is 34.4 Å². The molecule has 1 heterocycles. The highest BCUT2D eigenvalue weighted by Crippen LogP contribution is 2.45. The van der Waals surface area contributed by atoms with Crippen molar-refractivity contribution in [2.24, 2.45) is 0 Å². The Hall–Kier alpha value is -1.35. The van der Waals surface area contributed by atoms with Crippen molar-refractivity contribution in [2.45, 2.75) is 37.0 Å². The molecule has 94 valence electrons. The van der Waals surface area contributed by atoms with Crippen LogP contribution in [0.3, 0.4) is 0 Å². The number of alkyl halides is 1. The molecule has 1 saturated carbocycles. The summed E-state index contributed by atoms with van der Waals surface area (Å²) in [7, 11) is 0. The van der Waals surface area contributed by atoms with Crippen LogP contribution in [0.1, 0.15) is 43.0 Å². The minimum absolute atomic E-state index is 0.0743. The average molecular weight is 263 g/mol. The molecule has 0 bridgehead atoms. The minimum atomic E-state index is -0.0743. The highest BCUT2D eigenvalue weighted by molar-refractivity contribution is 6.16. The first-order valence-electron chi connectivity index (χ1n) is 6.30. The van der Waals surface area contributed by atoms with E-state index in [1.807, 2.05) is 6.07 Å². The molecule has 1 aliphatic carbocycles. The van der Waals surface area contributed by atoms with Crippen LogP contribution < -0.4 is 0 Å². The molecule has 1 fully saturated rings. The zero-order valence-electron chi connectivity index (χ0n) is 10.1. The largest absolute Gasteiger partial charge is 0.338 e. The van der Waals surface area contributed by atoms with Gasteiger partial charge in [-0.05, 0) is 18.4 Å². The normalized spacial score (nSPS) is 18.1. The van der Waals surface area contributed by atoms with Gasteiger partial charge in [-0.25, -0.2) is 0 Å². The molecule has 4 heteroatoms. The van der Waals surface area contributed by atoms with Gasteiger partial charge in [0.25, 0.3) is 0 Å². The molecule has 0 unspecified atom stereocenters. The Balaban J connectivity index is 2.06. The van der Waals surface area contributed by atoms with Crippen LogP contribution in [0.25, 0.3) is 0 Å². The molecule has 0 spiro atoms. The van der Waals surface area contributed by atoms with E-state index in [-0.39, 0.29) is 11.3 Å². The van der Waals surface area contributed by atoms with Crippen LogP contribution in [0, 0.1) is 0 Å². The maximum absolute atomic E-state index is 5.74. The molecular formula is C14H15ClN2O. The first-order chi connectivity index (χ1) is 8.85. The Morgan fingerprint density at radius 2 is 1.89 bits per heavy atom. The SMILES string of the molecule is ClCc1nc(C2(c3ccccc3)CCCC2)no1. The number of halogens is 1. The lowest BCUT2D eigenvalue weighted by Gasteiger charge is -2.25. The van der Waals surface area contributed by atoms with Crippen molar-refractivity contribution in [2.75, 3.05) is 0 Å².